The first-order valence-corrected chi connectivity index (χ1v) is 16.3. The van der Waals surface area contributed by atoms with Crippen molar-refractivity contribution in [2.45, 2.75) is 75.3 Å². The fourth-order valence-corrected chi connectivity index (χ4v) is 7.93. The number of hydrogen-bond acceptors (Lipinski definition) is 8. The third-order valence-electron chi connectivity index (χ3n) is 10.2. The Morgan fingerprint density at radius 2 is 1.61 bits per heavy atom. The van der Waals surface area contributed by atoms with Gasteiger partial charge in [-0.05, 0) is 97.4 Å². The fourth-order valence-electron chi connectivity index (χ4n) is 7.93. The van der Waals surface area contributed by atoms with Crippen molar-refractivity contribution in [1.29, 1.82) is 5.26 Å². The Balaban J connectivity index is 1.49. The van der Waals surface area contributed by atoms with Crippen LogP contribution in [0.4, 0.5) is 0 Å². The van der Waals surface area contributed by atoms with E-state index in [1.54, 1.807) is 19.0 Å². The number of carbonyl (C=O) groups excluding carboxylic acids is 3. The molecule has 0 spiro atoms. The lowest BCUT2D eigenvalue weighted by Gasteiger charge is -2.39. The van der Waals surface area contributed by atoms with Crippen LogP contribution in [-0.4, -0.2) is 82.5 Å². The number of aryl methyl sites for hydroxylation is 2. The van der Waals surface area contributed by atoms with Crippen LogP contribution in [0.15, 0.2) is 36.4 Å². The van der Waals surface area contributed by atoms with Gasteiger partial charge in [0.25, 0.3) is 11.8 Å². The molecule has 1 aromatic heterocycles. The summed E-state index contributed by atoms with van der Waals surface area (Å²) in [6, 6.07) is 13.4. The van der Waals surface area contributed by atoms with E-state index in [1.807, 2.05) is 36.4 Å². The van der Waals surface area contributed by atoms with E-state index in [0.717, 1.165) is 54.4 Å². The normalized spacial score (nSPS) is 19.4. The van der Waals surface area contributed by atoms with Gasteiger partial charge in [0.1, 0.15) is 6.04 Å². The van der Waals surface area contributed by atoms with Crippen LogP contribution < -0.4 is 16.0 Å². The molecule has 12 nitrogen and oxygen atoms in total. The van der Waals surface area contributed by atoms with Crippen LogP contribution >= 0.6 is 0 Å². The summed E-state index contributed by atoms with van der Waals surface area (Å²) in [5.41, 5.74) is 4.19. The van der Waals surface area contributed by atoms with Crippen molar-refractivity contribution in [3.05, 3.63) is 75.6 Å². The number of likely N-dealkylation sites (tertiary alicyclic amines) is 1. The summed E-state index contributed by atoms with van der Waals surface area (Å²) in [4.78, 5) is 40.6. The van der Waals surface area contributed by atoms with Crippen molar-refractivity contribution in [1.82, 2.24) is 41.5 Å². The van der Waals surface area contributed by atoms with Crippen molar-refractivity contribution in [2.24, 2.45) is 5.92 Å². The Morgan fingerprint density at radius 1 is 0.978 bits per heavy atom. The van der Waals surface area contributed by atoms with Crippen LogP contribution in [0.25, 0.3) is 0 Å². The Kier molecular flexibility index (Phi) is 9.12. The highest BCUT2D eigenvalue weighted by atomic mass is 16.2. The third-order valence-corrected chi connectivity index (χ3v) is 10.2. The van der Waals surface area contributed by atoms with Crippen LogP contribution in [-0.2, 0) is 23.1 Å². The smallest absolute Gasteiger partial charge is 0.251 e. The molecule has 240 valence electrons. The molecular weight excluding hydrogens is 582 g/mol. The van der Waals surface area contributed by atoms with Gasteiger partial charge in [-0.1, -0.05) is 30.2 Å². The summed E-state index contributed by atoms with van der Waals surface area (Å²) in [5, 5.41) is 34.7. The molecule has 0 bridgehead atoms. The Hall–Kier alpha value is -4.63. The number of aromatic amines is 1. The minimum atomic E-state index is -0.900. The highest BCUT2D eigenvalue weighted by Crippen LogP contribution is 2.48. The summed E-state index contributed by atoms with van der Waals surface area (Å²) < 4.78 is 0. The van der Waals surface area contributed by atoms with Gasteiger partial charge >= 0.3 is 0 Å². The van der Waals surface area contributed by atoms with Gasteiger partial charge in [-0.2, -0.15) is 10.5 Å². The van der Waals surface area contributed by atoms with Gasteiger partial charge in [0.05, 0.1) is 18.0 Å². The first kappa shape index (κ1) is 31.4. The molecule has 3 aliphatic rings. The number of fused-ring (bicyclic) bond motifs is 2. The quantitative estimate of drug-likeness (QED) is 0.282. The predicted molar refractivity (Wildman–Crippen MR) is 170 cm³/mol. The number of nitrogens with one attached hydrogen (secondary N) is 4. The number of aromatic nitrogens is 4. The van der Waals surface area contributed by atoms with Crippen LogP contribution in [0, 0.1) is 17.2 Å². The van der Waals surface area contributed by atoms with Crippen molar-refractivity contribution in [3.8, 4) is 6.07 Å². The maximum absolute atomic E-state index is 13.4. The average molecular weight is 624 g/mol. The van der Waals surface area contributed by atoms with Crippen molar-refractivity contribution < 1.29 is 14.4 Å². The monoisotopic (exact) mass is 623 g/mol. The molecule has 0 radical (unpaired) electrons. The Bertz CT molecular complexity index is 1570. The van der Waals surface area contributed by atoms with E-state index in [-0.39, 0.29) is 36.3 Å². The molecule has 2 atom stereocenters. The standard InChI is InChI=1S/C34H41N9O3/c1-36-31(45)24-11-13-27-22(16-24)9-10-23-17-25(32(46)37-2)12-14-28(23)34(27,33-39-41-42-40-33)18-29(21-6-3-4-7-21)38-20-30(44)43-15-5-8-26(43)19-35/h11-14,16-17,21,26,29,38H,3-10,15,18,20H2,1-2H3,(H,36,45)(H,37,46)(H,39,40,41,42)/t26?,29-/m0/s1. The number of hydrogen-bond donors (Lipinski definition) is 4. The molecule has 1 unspecified atom stereocenters. The number of nitrogens with zero attached hydrogens (tertiary/aromatic N) is 5. The van der Waals surface area contributed by atoms with Gasteiger partial charge < -0.3 is 20.9 Å². The summed E-state index contributed by atoms with van der Waals surface area (Å²) in [6.45, 7) is 0.730. The summed E-state index contributed by atoms with van der Waals surface area (Å²) in [5.74, 6) is 0.411. The van der Waals surface area contributed by atoms with Crippen LogP contribution in [0.2, 0.25) is 0 Å². The predicted octanol–water partition coefficient (Wildman–Crippen LogP) is 2.40. The van der Waals surface area contributed by atoms with Gasteiger partial charge in [-0.15, -0.1) is 10.2 Å². The van der Waals surface area contributed by atoms with E-state index in [2.05, 4.69) is 42.6 Å². The van der Waals surface area contributed by atoms with E-state index in [0.29, 0.717) is 55.1 Å². The number of rotatable bonds is 9. The average Bonchev–Trinajstić information content (AvgIpc) is 3.89. The zero-order valence-corrected chi connectivity index (χ0v) is 26.4. The van der Waals surface area contributed by atoms with Crippen molar-refractivity contribution >= 4 is 17.7 Å². The van der Waals surface area contributed by atoms with Crippen molar-refractivity contribution in [3.63, 3.8) is 0 Å². The summed E-state index contributed by atoms with van der Waals surface area (Å²) in [7, 11) is 3.24. The molecule has 1 aliphatic heterocycles. The van der Waals surface area contributed by atoms with Gasteiger partial charge in [-0.25, -0.2) is 0 Å². The number of benzene rings is 2. The molecule has 1 saturated heterocycles. The van der Waals surface area contributed by atoms with Gasteiger partial charge in [0.2, 0.25) is 5.91 Å². The number of amides is 3. The number of carbonyl (C=O) groups is 3. The minimum absolute atomic E-state index is 0.0623. The lowest BCUT2D eigenvalue weighted by atomic mass is 9.66. The van der Waals surface area contributed by atoms with Crippen LogP contribution in [0.3, 0.4) is 0 Å². The van der Waals surface area contributed by atoms with E-state index in [4.69, 9.17) is 0 Å². The number of nitriles is 1. The van der Waals surface area contributed by atoms with Crippen LogP contribution in [0.5, 0.6) is 0 Å². The maximum atomic E-state index is 13.4. The first-order valence-electron chi connectivity index (χ1n) is 16.3. The van der Waals surface area contributed by atoms with Gasteiger partial charge in [0.15, 0.2) is 5.82 Å². The first-order chi connectivity index (χ1) is 22.4. The zero-order valence-electron chi connectivity index (χ0n) is 26.4. The molecule has 12 heteroatoms. The largest absolute Gasteiger partial charge is 0.355 e. The maximum Gasteiger partial charge on any atom is 0.251 e. The minimum Gasteiger partial charge on any atom is -0.355 e. The molecule has 3 amide bonds. The summed E-state index contributed by atoms with van der Waals surface area (Å²) in [6.07, 6.45) is 7.67. The molecule has 46 heavy (non-hydrogen) atoms. The number of H-pyrrole nitrogens is 1. The van der Waals surface area contributed by atoms with Gasteiger partial charge in [0, 0.05) is 37.8 Å². The molecule has 2 heterocycles. The Labute approximate surface area is 268 Å². The molecule has 2 aromatic carbocycles. The molecule has 3 aromatic rings. The number of tetrazole rings is 1. The molecule has 1 saturated carbocycles. The lowest BCUT2D eigenvalue weighted by molar-refractivity contribution is -0.130. The molecule has 6 rings (SSSR count). The fraction of sp³-hybridized carbons (Fsp3) is 0.500. The molecular formula is C34H41N9O3. The van der Waals surface area contributed by atoms with Crippen molar-refractivity contribution in [2.75, 3.05) is 27.2 Å². The topological polar surface area (TPSA) is 169 Å². The van der Waals surface area contributed by atoms with E-state index in [9.17, 15) is 19.6 Å². The second-order valence-electron chi connectivity index (χ2n) is 12.7. The second-order valence-corrected chi connectivity index (χ2v) is 12.7. The summed E-state index contributed by atoms with van der Waals surface area (Å²) >= 11 is 0. The highest BCUT2D eigenvalue weighted by molar-refractivity contribution is 5.95. The van der Waals surface area contributed by atoms with E-state index in [1.165, 1.54) is 0 Å². The SMILES string of the molecule is CNC(=O)c1ccc2c(c1)CCc1cc(C(=O)NC)ccc1C2(C[C@H](NCC(=O)N1CCCC1C#N)C1CCCC1)c1nn[nH]n1. The van der Waals surface area contributed by atoms with E-state index >= 15 is 0 Å². The van der Waals surface area contributed by atoms with Crippen LogP contribution in [0.1, 0.15) is 93.7 Å². The molecule has 2 aliphatic carbocycles. The zero-order chi connectivity index (χ0) is 32.3. The highest BCUT2D eigenvalue weighted by Gasteiger charge is 2.47. The van der Waals surface area contributed by atoms with Gasteiger partial charge in [-0.3, -0.25) is 14.4 Å². The second kappa shape index (κ2) is 13.4. The molecule has 4 N–H and O–H groups in total. The van der Waals surface area contributed by atoms with E-state index < -0.39 is 5.41 Å². The lowest BCUT2D eigenvalue weighted by Crippen LogP contribution is -2.48. The third kappa shape index (κ3) is 5.75. The Morgan fingerprint density at radius 3 is 2.15 bits per heavy atom. The molecule has 2 fully saturated rings.